The van der Waals surface area contributed by atoms with Gasteiger partial charge < -0.3 is 0 Å². The molecule has 1 saturated carbocycles. The zero-order valence-electron chi connectivity index (χ0n) is 14.8. The van der Waals surface area contributed by atoms with Crippen molar-refractivity contribution < 1.29 is 0 Å². The van der Waals surface area contributed by atoms with Crippen LogP contribution < -0.4 is 0 Å². The predicted molar refractivity (Wildman–Crippen MR) is 97.6 cm³/mol. The van der Waals surface area contributed by atoms with Crippen molar-refractivity contribution in [1.29, 1.82) is 0 Å². The Balaban J connectivity index is 2.03. The molecular weight excluding hydrogens is 266 g/mol. The lowest BCUT2D eigenvalue weighted by atomic mass is 9.85. The van der Waals surface area contributed by atoms with Crippen LogP contribution in [0, 0.1) is 12.8 Å². The fourth-order valence-corrected chi connectivity index (χ4v) is 3.30. The third-order valence-corrected chi connectivity index (χ3v) is 4.86. The van der Waals surface area contributed by atoms with E-state index in [1.807, 2.05) is 0 Å². The van der Waals surface area contributed by atoms with E-state index in [0.29, 0.717) is 0 Å². The van der Waals surface area contributed by atoms with Gasteiger partial charge in [0, 0.05) is 11.4 Å². The van der Waals surface area contributed by atoms with Crippen LogP contribution >= 0.6 is 0 Å². The van der Waals surface area contributed by atoms with Crippen LogP contribution in [0.1, 0.15) is 76.8 Å². The third-order valence-electron chi connectivity index (χ3n) is 4.86. The summed E-state index contributed by atoms with van der Waals surface area (Å²) in [5.74, 6) is 0.929. The molecule has 0 heterocycles. The molecule has 0 amide bonds. The van der Waals surface area contributed by atoms with Crippen LogP contribution in [0.5, 0.6) is 0 Å². The molecule has 0 unspecified atom stereocenters. The van der Waals surface area contributed by atoms with Crippen molar-refractivity contribution in [3.8, 4) is 0 Å². The summed E-state index contributed by atoms with van der Waals surface area (Å²) in [6, 6.07) is 8.69. The highest BCUT2D eigenvalue weighted by molar-refractivity contribution is 5.99. The highest BCUT2D eigenvalue weighted by atomic mass is 14.8. The maximum absolute atomic E-state index is 4.96. The molecule has 0 spiro atoms. The number of aliphatic imine (C=N–C) groups is 1. The lowest BCUT2D eigenvalue weighted by Gasteiger charge is -2.21. The molecule has 1 aromatic carbocycles. The molecule has 1 nitrogen and oxygen atoms in total. The van der Waals surface area contributed by atoms with Crippen molar-refractivity contribution in [2.24, 2.45) is 10.9 Å². The minimum atomic E-state index is 0.929. The van der Waals surface area contributed by atoms with E-state index < -0.39 is 0 Å². The molecule has 0 atom stereocenters. The first kappa shape index (κ1) is 17.0. The average molecular weight is 297 g/mol. The third kappa shape index (κ3) is 5.12. The number of hydrogen-bond donors (Lipinski definition) is 0. The zero-order chi connectivity index (χ0) is 15.9. The van der Waals surface area contributed by atoms with Crippen molar-refractivity contribution in [3.63, 3.8) is 0 Å². The quantitative estimate of drug-likeness (QED) is 0.553. The molecule has 1 aromatic rings. The van der Waals surface area contributed by atoms with Crippen LogP contribution in [0.15, 0.2) is 40.5 Å². The van der Waals surface area contributed by atoms with E-state index in [4.69, 9.17) is 4.99 Å². The Morgan fingerprint density at radius 1 is 1.00 bits per heavy atom. The maximum atomic E-state index is 4.96. The number of rotatable bonds is 5. The maximum Gasteiger partial charge on any atom is 0.0448 e. The molecule has 0 N–H and O–H groups in total. The van der Waals surface area contributed by atoms with E-state index in [-0.39, 0.29) is 0 Å². The van der Waals surface area contributed by atoms with Crippen LogP contribution in [0.2, 0.25) is 0 Å². The lowest BCUT2D eigenvalue weighted by molar-refractivity contribution is 0.338. The summed E-state index contributed by atoms with van der Waals surface area (Å²) in [7, 11) is 0. The summed E-state index contributed by atoms with van der Waals surface area (Å²) < 4.78 is 0. The Morgan fingerprint density at radius 3 is 2.23 bits per heavy atom. The lowest BCUT2D eigenvalue weighted by Crippen LogP contribution is -2.06. The molecule has 120 valence electrons. The molecule has 2 rings (SSSR count). The first-order valence-corrected chi connectivity index (χ1v) is 8.85. The van der Waals surface area contributed by atoms with E-state index in [0.717, 1.165) is 18.1 Å². The minimum absolute atomic E-state index is 0.929. The van der Waals surface area contributed by atoms with Gasteiger partial charge in [-0.15, -0.1) is 0 Å². The standard InChI is InChI=1S/C21H31N/c1-16(2)21(15-12-19-8-6-5-7-9-19)22-18(4)20-13-10-17(3)11-14-20/h10-11,13-14,19H,5-9,12,15H2,1-4H3. The second kappa shape index (κ2) is 8.31. The molecule has 22 heavy (non-hydrogen) atoms. The molecule has 0 radical (unpaired) electrons. The van der Waals surface area contributed by atoms with E-state index in [2.05, 4.69) is 52.0 Å². The summed E-state index contributed by atoms with van der Waals surface area (Å²) in [5, 5.41) is 0. The normalized spacial score (nSPS) is 16.6. The smallest absolute Gasteiger partial charge is 0.0448 e. The van der Waals surface area contributed by atoms with Gasteiger partial charge in [0.15, 0.2) is 0 Å². The highest BCUT2D eigenvalue weighted by Crippen LogP contribution is 2.29. The highest BCUT2D eigenvalue weighted by Gasteiger charge is 2.14. The molecule has 1 aliphatic rings. The van der Waals surface area contributed by atoms with Crippen LogP contribution in [0.25, 0.3) is 0 Å². The van der Waals surface area contributed by atoms with Crippen molar-refractivity contribution in [2.75, 3.05) is 0 Å². The molecule has 0 saturated heterocycles. The van der Waals surface area contributed by atoms with E-state index in [9.17, 15) is 0 Å². The van der Waals surface area contributed by atoms with Crippen LogP contribution in [-0.4, -0.2) is 5.71 Å². The van der Waals surface area contributed by atoms with Gasteiger partial charge in [-0.05, 0) is 52.0 Å². The fourth-order valence-electron chi connectivity index (χ4n) is 3.30. The van der Waals surface area contributed by atoms with Crippen molar-refractivity contribution in [3.05, 3.63) is 46.7 Å². The molecule has 1 aliphatic carbocycles. The van der Waals surface area contributed by atoms with Crippen molar-refractivity contribution >= 4 is 5.71 Å². The summed E-state index contributed by atoms with van der Waals surface area (Å²) in [5.41, 5.74) is 6.34. The number of allylic oxidation sites excluding steroid dienone is 2. The summed E-state index contributed by atoms with van der Waals surface area (Å²) in [4.78, 5) is 4.96. The second-order valence-electron chi connectivity index (χ2n) is 7.05. The van der Waals surface area contributed by atoms with Gasteiger partial charge in [-0.25, -0.2) is 0 Å². The Bertz CT molecular complexity index is 524. The fraction of sp³-hybridized carbons (Fsp3) is 0.571. The average Bonchev–Trinajstić information content (AvgIpc) is 2.52. The molecule has 0 aliphatic heterocycles. The van der Waals surface area contributed by atoms with E-state index in [1.54, 1.807) is 0 Å². The molecule has 0 aromatic heterocycles. The Kier molecular flexibility index (Phi) is 6.42. The number of aryl methyl sites for hydroxylation is 1. The predicted octanol–water partition coefficient (Wildman–Crippen LogP) is 6.46. The number of benzene rings is 1. The van der Waals surface area contributed by atoms with Gasteiger partial charge >= 0.3 is 0 Å². The van der Waals surface area contributed by atoms with Gasteiger partial charge in [-0.3, -0.25) is 4.99 Å². The van der Waals surface area contributed by atoms with Crippen LogP contribution in [-0.2, 0) is 0 Å². The van der Waals surface area contributed by atoms with Gasteiger partial charge in [0.1, 0.15) is 0 Å². The second-order valence-corrected chi connectivity index (χ2v) is 7.05. The molecule has 0 bridgehead atoms. The van der Waals surface area contributed by atoms with E-state index in [1.165, 1.54) is 60.9 Å². The molecule has 1 heteroatoms. The van der Waals surface area contributed by atoms with Gasteiger partial charge in [0.2, 0.25) is 0 Å². The first-order chi connectivity index (χ1) is 10.6. The summed E-state index contributed by atoms with van der Waals surface area (Å²) in [6.07, 6.45) is 9.60. The largest absolute Gasteiger partial charge is 0.258 e. The van der Waals surface area contributed by atoms with Gasteiger partial charge in [-0.1, -0.05) is 67.5 Å². The monoisotopic (exact) mass is 297 g/mol. The van der Waals surface area contributed by atoms with Crippen molar-refractivity contribution in [1.82, 2.24) is 0 Å². The van der Waals surface area contributed by atoms with Gasteiger partial charge in [0.25, 0.3) is 0 Å². The van der Waals surface area contributed by atoms with Gasteiger partial charge in [-0.2, -0.15) is 0 Å². The summed E-state index contributed by atoms with van der Waals surface area (Å²) >= 11 is 0. The molecular formula is C21H31N. The number of hydrogen-bond acceptors (Lipinski definition) is 1. The van der Waals surface area contributed by atoms with Crippen molar-refractivity contribution in [2.45, 2.75) is 72.6 Å². The van der Waals surface area contributed by atoms with Gasteiger partial charge in [0.05, 0.1) is 0 Å². The molecule has 1 fully saturated rings. The Labute approximate surface area is 136 Å². The van der Waals surface area contributed by atoms with Crippen LogP contribution in [0.4, 0.5) is 0 Å². The first-order valence-electron chi connectivity index (χ1n) is 8.85. The van der Waals surface area contributed by atoms with Crippen LogP contribution in [0.3, 0.4) is 0 Å². The number of nitrogens with zero attached hydrogens (tertiary/aromatic N) is 1. The Morgan fingerprint density at radius 2 is 1.64 bits per heavy atom. The zero-order valence-corrected chi connectivity index (χ0v) is 14.8. The minimum Gasteiger partial charge on any atom is -0.258 e. The summed E-state index contributed by atoms with van der Waals surface area (Å²) in [6.45, 7) is 8.65. The van der Waals surface area contributed by atoms with E-state index >= 15 is 0 Å². The topological polar surface area (TPSA) is 12.4 Å². The Hall–Kier alpha value is -1.37. The SMILES string of the molecule is CC(=NC(CCC1CCCCC1)=C(C)C)c1ccc(C)cc1.